The van der Waals surface area contributed by atoms with Crippen LogP contribution in [0.2, 0.25) is 0 Å². The molecule has 0 aromatic heterocycles. The smallest absolute Gasteiger partial charge is 0.378 e. The van der Waals surface area contributed by atoms with Gasteiger partial charge in [0.1, 0.15) is 11.6 Å². The Morgan fingerprint density at radius 1 is 0.829 bits per heavy atom. The number of hydrogen-bond donors (Lipinski definition) is 0. The van der Waals surface area contributed by atoms with Crippen LogP contribution in [0.4, 0.5) is 22.0 Å². The van der Waals surface area contributed by atoms with Crippen molar-refractivity contribution in [3.8, 4) is 0 Å². The highest BCUT2D eigenvalue weighted by Crippen LogP contribution is 2.45. The van der Waals surface area contributed by atoms with Gasteiger partial charge in [-0.1, -0.05) is 31.9 Å². The van der Waals surface area contributed by atoms with Crippen molar-refractivity contribution in [2.45, 2.75) is 128 Å². The van der Waals surface area contributed by atoms with Gasteiger partial charge in [-0.05, 0) is 143 Å². The zero-order chi connectivity index (χ0) is 29.0. The van der Waals surface area contributed by atoms with E-state index >= 15 is 4.39 Å². The lowest BCUT2D eigenvalue weighted by Gasteiger charge is -2.37. The summed E-state index contributed by atoms with van der Waals surface area (Å²) in [6.07, 6.45) is 11.8. The van der Waals surface area contributed by atoms with E-state index in [9.17, 15) is 17.6 Å². The maximum absolute atomic E-state index is 15.1. The lowest BCUT2D eigenvalue weighted by Crippen LogP contribution is -2.33. The van der Waals surface area contributed by atoms with Crippen molar-refractivity contribution in [2.75, 3.05) is 6.61 Å². The van der Waals surface area contributed by atoms with E-state index in [4.69, 9.17) is 4.74 Å². The van der Waals surface area contributed by atoms with E-state index in [0.717, 1.165) is 81.9 Å². The van der Waals surface area contributed by atoms with E-state index in [1.54, 1.807) is 6.07 Å². The summed E-state index contributed by atoms with van der Waals surface area (Å²) in [5.41, 5.74) is 1.99. The van der Waals surface area contributed by atoms with Gasteiger partial charge in [-0.3, -0.25) is 0 Å². The fourth-order valence-corrected chi connectivity index (χ4v) is 8.57. The first-order valence-electron chi connectivity index (χ1n) is 16.5. The van der Waals surface area contributed by atoms with Crippen LogP contribution in [0.5, 0.6) is 0 Å². The van der Waals surface area contributed by atoms with Crippen LogP contribution in [0.3, 0.4) is 0 Å². The molecule has 4 aliphatic rings. The van der Waals surface area contributed by atoms with Gasteiger partial charge < -0.3 is 4.74 Å². The van der Waals surface area contributed by atoms with Gasteiger partial charge in [0.15, 0.2) is 0 Å². The standard InChI is InChI=1S/C35H49F5O/c1-23-2-19-34(41-22-23)30-16-11-27(12-17-30)31-18-15-28(32(36)20-31)8-5-24-3-6-25(7-4-24)26-9-13-29(14-10-26)33(37)21-35(38,39)40/h15,18,20-21,23-27,29-30,34H,2-14,16-17,19,22H2,1H3/b33-21-. The third-order valence-corrected chi connectivity index (χ3v) is 11.2. The number of aryl methyl sites for hydroxylation is 1. The van der Waals surface area contributed by atoms with Crippen molar-refractivity contribution in [1.29, 1.82) is 0 Å². The summed E-state index contributed by atoms with van der Waals surface area (Å²) >= 11 is 0. The van der Waals surface area contributed by atoms with E-state index in [-0.39, 0.29) is 11.9 Å². The summed E-state index contributed by atoms with van der Waals surface area (Å²) in [5, 5.41) is 0. The monoisotopic (exact) mass is 580 g/mol. The van der Waals surface area contributed by atoms with Crippen LogP contribution >= 0.6 is 0 Å². The van der Waals surface area contributed by atoms with Crippen LogP contribution in [0.1, 0.15) is 120 Å². The first-order chi connectivity index (χ1) is 19.6. The molecule has 0 bridgehead atoms. The normalized spacial score (nSPS) is 35.8. The third kappa shape index (κ3) is 8.57. The second-order valence-electron chi connectivity index (χ2n) is 14.0. The molecule has 1 heterocycles. The first-order valence-corrected chi connectivity index (χ1v) is 16.5. The predicted molar refractivity (Wildman–Crippen MR) is 154 cm³/mol. The molecule has 1 aliphatic heterocycles. The number of rotatable bonds is 7. The molecule has 0 N–H and O–H groups in total. The number of benzene rings is 1. The number of allylic oxidation sites excluding steroid dienone is 2. The lowest BCUT2D eigenvalue weighted by molar-refractivity contribution is -0.0821. The van der Waals surface area contributed by atoms with Crippen molar-refractivity contribution in [3.63, 3.8) is 0 Å². The second kappa shape index (κ2) is 13.9. The fraction of sp³-hybridized carbons (Fsp3) is 0.771. The van der Waals surface area contributed by atoms with Crippen LogP contribution < -0.4 is 0 Å². The summed E-state index contributed by atoms with van der Waals surface area (Å²) in [4.78, 5) is 0. The van der Waals surface area contributed by atoms with E-state index in [2.05, 4.69) is 13.0 Å². The summed E-state index contributed by atoms with van der Waals surface area (Å²) in [6.45, 7) is 3.17. The molecular formula is C35H49F5O. The quantitative estimate of drug-likeness (QED) is 0.292. The molecule has 1 nitrogen and oxygen atoms in total. The highest BCUT2D eigenvalue weighted by molar-refractivity contribution is 5.27. The predicted octanol–water partition coefficient (Wildman–Crippen LogP) is 10.9. The zero-order valence-electron chi connectivity index (χ0n) is 24.7. The Hall–Kier alpha value is -1.43. The fourth-order valence-electron chi connectivity index (χ4n) is 8.57. The molecule has 5 rings (SSSR count). The maximum Gasteiger partial charge on any atom is 0.412 e. The van der Waals surface area contributed by atoms with Gasteiger partial charge in [0, 0.05) is 12.5 Å². The molecule has 2 unspecified atom stereocenters. The molecule has 41 heavy (non-hydrogen) atoms. The number of ether oxygens (including phenoxy) is 1. The molecule has 0 spiro atoms. The summed E-state index contributed by atoms with van der Waals surface area (Å²) in [7, 11) is 0. The van der Waals surface area contributed by atoms with Crippen LogP contribution in [0, 0.1) is 41.3 Å². The minimum Gasteiger partial charge on any atom is -0.378 e. The van der Waals surface area contributed by atoms with Crippen molar-refractivity contribution < 1.29 is 26.7 Å². The average Bonchev–Trinajstić information content (AvgIpc) is 2.96. The Morgan fingerprint density at radius 3 is 2.05 bits per heavy atom. The molecule has 4 fully saturated rings. The minimum absolute atomic E-state index is 0.0496. The molecule has 230 valence electrons. The summed E-state index contributed by atoms with van der Waals surface area (Å²) in [5.74, 6) is 1.90. The van der Waals surface area contributed by atoms with Crippen molar-refractivity contribution in [1.82, 2.24) is 0 Å². The third-order valence-electron chi connectivity index (χ3n) is 11.2. The highest BCUT2D eigenvalue weighted by atomic mass is 19.4. The summed E-state index contributed by atoms with van der Waals surface area (Å²) < 4.78 is 72.7. The topological polar surface area (TPSA) is 9.23 Å². The maximum atomic E-state index is 15.1. The Morgan fingerprint density at radius 2 is 1.46 bits per heavy atom. The Kier molecular flexibility index (Phi) is 10.5. The average molecular weight is 581 g/mol. The molecule has 1 aromatic rings. The molecule has 1 saturated heterocycles. The van der Waals surface area contributed by atoms with Gasteiger partial charge in [-0.15, -0.1) is 0 Å². The SMILES string of the molecule is CC1CCC(C2CCC(c3ccc(CCC4CCC(C5CCC(/C(F)=C/C(F)(F)F)CC5)CC4)c(F)c3)CC2)OC1. The van der Waals surface area contributed by atoms with Crippen LogP contribution in [-0.2, 0) is 11.2 Å². The molecule has 0 radical (unpaired) electrons. The lowest BCUT2D eigenvalue weighted by atomic mass is 9.68. The van der Waals surface area contributed by atoms with Crippen LogP contribution in [0.25, 0.3) is 0 Å². The number of halogens is 5. The second-order valence-corrected chi connectivity index (χ2v) is 14.0. The molecule has 3 aliphatic carbocycles. The zero-order valence-corrected chi connectivity index (χ0v) is 24.7. The van der Waals surface area contributed by atoms with Gasteiger partial charge in [-0.2, -0.15) is 13.2 Å². The van der Waals surface area contributed by atoms with Crippen molar-refractivity contribution >= 4 is 0 Å². The Balaban J connectivity index is 1.02. The van der Waals surface area contributed by atoms with Crippen molar-refractivity contribution in [3.05, 3.63) is 47.0 Å². The van der Waals surface area contributed by atoms with Gasteiger partial charge >= 0.3 is 6.18 Å². The van der Waals surface area contributed by atoms with E-state index in [1.807, 2.05) is 6.07 Å². The molecule has 3 saturated carbocycles. The Labute approximate surface area is 243 Å². The largest absolute Gasteiger partial charge is 0.412 e. The number of hydrogen-bond acceptors (Lipinski definition) is 1. The Bertz CT molecular complexity index is 986. The van der Waals surface area contributed by atoms with E-state index < -0.39 is 17.9 Å². The van der Waals surface area contributed by atoms with E-state index in [0.29, 0.717) is 54.5 Å². The van der Waals surface area contributed by atoms with Gasteiger partial charge in [0.25, 0.3) is 0 Å². The molecule has 0 amide bonds. The minimum atomic E-state index is -4.58. The first kappa shape index (κ1) is 31.0. The van der Waals surface area contributed by atoms with Gasteiger partial charge in [0.05, 0.1) is 12.2 Å². The van der Waals surface area contributed by atoms with Gasteiger partial charge in [0.2, 0.25) is 0 Å². The molecule has 1 aromatic carbocycles. The van der Waals surface area contributed by atoms with Gasteiger partial charge in [-0.25, -0.2) is 8.78 Å². The van der Waals surface area contributed by atoms with Crippen molar-refractivity contribution in [2.24, 2.45) is 35.5 Å². The molecule has 6 heteroatoms. The number of alkyl halides is 3. The van der Waals surface area contributed by atoms with Crippen LogP contribution in [-0.4, -0.2) is 18.9 Å². The molecular weight excluding hydrogens is 531 g/mol. The van der Waals surface area contributed by atoms with Crippen LogP contribution in [0.15, 0.2) is 30.1 Å². The molecule has 2 atom stereocenters. The summed E-state index contributed by atoms with van der Waals surface area (Å²) in [6, 6.07) is 6.00. The van der Waals surface area contributed by atoms with E-state index in [1.165, 1.54) is 25.7 Å². The highest BCUT2D eigenvalue weighted by Gasteiger charge is 2.35.